The second-order valence-electron chi connectivity index (χ2n) is 3.02. The fraction of sp³-hybridized carbons (Fsp3) is 0.273. The first-order valence-corrected chi connectivity index (χ1v) is 5.83. The predicted molar refractivity (Wildman–Crippen MR) is 75.8 cm³/mol. The Labute approximate surface area is 112 Å². The van der Waals surface area contributed by atoms with Crippen LogP contribution >= 0.6 is 24.4 Å². The molecule has 0 fully saturated rings. The summed E-state index contributed by atoms with van der Waals surface area (Å²) < 4.78 is 2.88. The molecule has 0 bridgehead atoms. The summed E-state index contributed by atoms with van der Waals surface area (Å²) in [5, 5.41) is 0.448. The van der Waals surface area contributed by atoms with Gasteiger partial charge in [-0.05, 0) is 18.9 Å². The molecule has 0 unspecified atom stereocenters. The highest BCUT2D eigenvalue weighted by molar-refractivity contribution is 8.12. The third kappa shape index (κ3) is 6.31. The monoisotopic (exact) mass is 273 g/mol. The van der Waals surface area contributed by atoms with Crippen LogP contribution in [0.3, 0.4) is 0 Å². The van der Waals surface area contributed by atoms with Gasteiger partial charge in [-0.25, -0.2) is 4.72 Å². The first kappa shape index (κ1) is 16.0. The number of carbonyl (C=O) groups is 1. The minimum Gasteiger partial charge on any atom is -0.377 e. The Balaban J connectivity index is 0.00000256. The number of benzene rings is 1. The highest BCUT2D eigenvalue weighted by Crippen LogP contribution is 2.00. The van der Waals surface area contributed by atoms with Crippen molar-refractivity contribution in [3.8, 4) is 0 Å². The highest BCUT2D eigenvalue weighted by atomic mass is 35.5. The molecular weight excluding hydrogens is 258 g/mol. The van der Waals surface area contributed by atoms with Gasteiger partial charge in [0.1, 0.15) is 0 Å². The summed E-state index contributed by atoms with van der Waals surface area (Å²) in [4.78, 5) is 15.6. The highest BCUT2D eigenvalue weighted by Gasteiger charge is 2.04. The molecule has 0 aliphatic heterocycles. The molecular formula is C11H16ClN3OS. The van der Waals surface area contributed by atoms with E-state index in [2.05, 4.69) is 9.71 Å². The molecule has 0 aliphatic carbocycles. The van der Waals surface area contributed by atoms with Gasteiger partial charge in [-0.15, -0.1) is 12.4 Å². The number of hydrogen-bond acceptors (Lipinski definition) is 4. The number of aliphatic imine (C=N–C) groups is 1. The molecule has 3 N–H and O–H groups in total. The maximum atomic E-state index is 11.6. The molecule has 0 saturated carbocycles. The number of amidine groups is 1. The summed E-state index contributed by atoms with van der Waals surface area (Å²) in [7, 11) is 0. The molecule has 0 spiro atoms. The summed E-state index contributed by atoms with van der Waals surface area (Å²) in [5.41, 5.74) is 6.24. The van der Waals surface area contributed by atoms with E-state index in [0.29, 0.717) is 17.3 Å². The van der Waals surface area contributed by atoms with Crippen LogP contribution in [0.5, 0.6) is 0 Å². The quantitative estimate of drug-likeness (QED) is 0.372. The minimum absolute atomic E-state index is 0. The van der Waals surface area contributed by atoms with E-state index in [1.54, 1.807) is 12.1 Å². The number of rotatable bonds is 5. The van der Waals surface area contributed by atoms with Gasteiger partial charge in [0.15, 0.2) is 11.0 Å². The van der Waals surface area contributed by atoms with E-state index in [1.165, 1.54) is 11.9 Å². The SMILES string of the molecule is CCN=C(N)SNCC(=O)c1ccccc1.Cl. The number of halogens is 1. The Bertz CT molecular complexity index is 370. The molecule has 0 heterocycles. The molecule has 17 heavy (non-hydrogen) atoms. The van der Waals surface area contributed by atoms with Gasteiger partial charge in [-0.1, -0.05) is 30.3 Å². The number of Topliss-reactive ketones (excluding diaryl/α,β-unsaturated/α-hetero) is 1. The zero-order valence-electron chi connectivity index (χ0n) is 9.55. The molecule has 1 rings (SSSR count). The molecule has 4 nitrogen and oxygen atoms in total. The van der Waals surface area contributed by atoms with E-state index in [4.69, 9.17) is 5.73 Å². The van der Waals surface area contributed by atoms with Crippen molar-refractivity contribution in [3.05, 3.63) is 35.9 Å². The lowest BCUT2D eigenvalue weighted by Gasteiger charge is -2.02. The van der Waals surface area contributed by atoms with Crippen molar-refractivity contribution >= 4 is 35.3 Å². The van der Waals surface area contributed by atoms with Crippen LogP contribution in [0.1, 0.15) is 17.3 Å². The molecule has 94 valence electrons. The number of nitrogens with two attached hydrogens (primary N) is 1. The first-order valence-electron chi connectivity index (χ1n) is 5.02. The Morgan fingerprint density at radius 1 is 1.41 bits per heavy atom. The summed E-state index contributed by atoms with van der Waals surface area (Å²) in [6.07, 6.45) is 0. The smallest absolute Gasteiger partial charge is 0.177 e. The van der Waals surface area contributed by atoms with E-state index >= 15 is 0 Å². The van der Waals surface area contributed by atoms with Gasteiger partial charge in [-0.2, -0.15) is 0 Å². The zero-order valence-corrected chi connectivity index (χ0v) is 11.2. The average Bonchev–Trinajstić information content (AvgIpc) is 2.30. The zero-order chi connectivity index (χ0) is 11.8. The Kier molecular flexibility index (Phi) is 8.49. The average molecular weight is 274 g/mol. The van der Waals surface area contributed by atoms with Gasteiger partial charge in [-0.3, -0.25) is 9.79 Å². The predicted octanol–water partition coefficient (Wildman–Crippen LogP) is 1.86. The third-order valence-electron chi connectivity index (χ3n) is 1.82. The summed E-state index contributed by atoms with van der Waals surface area (Å²) >= 11 is 1.18. The van der Waals surface area contributed by atoms with Crippen molar-refractivity contribution in [2.75, 3.05) is 13.1 Å². The molecule has 0 radical (unpaired) electrons. The van der Waals surface area contributed by atoms with Gasteiger partial charge in [0.2, 0.25) is 0 Å². The first-order chi connectivity index (χ1) is 7.74. The molecule has 0 saturated heterocycles. The van der Waals surface area contributed by atoms with E-state index in [1.807, 2.05) is 25.1 Å². The standard InChI is InChI=1S/C11H15N3OS.ClH/c1-2-13-11(12)16-14-8-10(15)9-6-4-3-5-7-9;/h3-7,14H,2,8H2,1H3,(H2,12,13);1H. The van der Waals surface area contributed by atoms with Crippen LogP contribution in [0.15, 0.2) is 35.3 Å². The van der Waals surface area contributed by atoms with Crippen molar-refractivity contribution in [2.45, 2.75) is 6.92 Å². The third-order valence-corrected chi connectivity index (χ3v) is 2.45. The lowest BCUT2D eigenvalue weighted by atomic mass is 10.1. The van der Waals surface area contributed by atoms with Gasteiger partial charge >= 0.3 is 0 Å². The number of ketones is 1. The van der Waals surface area contributed by atoms with Gasteiger partial charge in [0.25, 0.3) is 0 Å². The van der Waals surface area contributed by atoms with Gasteiger partial charge in [0.05, 0.1) is 6.54 Å². The van der Waals surface area contributed by atoms with Crippen molar-refractivity contribution in [1.29, 1.82) is 0 Å². The maximum Gasteiger partial charge on any atom is 0.177 e. The fourth-order valence-electron chi connectivity index (χ4n) is 1.09. The maximum absolute atomic E-state index is 11.6. The molecule has 1 aromatic rings. The van der Waals surface area contributed by atoms with Crippen LogP contribution in [0, 0.1) is 0 Å². The molecule has 0 aliphatic rings. The second kappa shape index (κ2) is 9.04. The van der Waals surface area contributed by atoms with Crippen molar-refractivity contribution in [1.82, 2.24) is 4.72 Å². The van der Waals surface area contributed by atoms with E-state index < -0.39 is 0 Å². The van der Waals surface area contributed by atoms with Crippen LogP contribution in [0.4, 0.5) is 0 Å². The van der Waals surface area contributed by atoms with Crippen molar-refractivity contribution in [3.63, 3.8) is 0 Å². The number of carbonyl (C=O) groups excluding carboxylic acids is 1. The van der Waals surface area contributed by atoms with Crippen LogP contribution in [-0.4, -0.2) is 24.0 Å². The Morgan fingerprint density at radius 3 is 2.65 bits per heavy atom. The van der Waals surface area contributed by atoms with Gasteiger partial charge in [0, 0.05) is 12.1 Å². The number of hydrogen-bond donors (Lipinski definition) is 2. The molecule has 0 atom stereocenters. The van der Waals surface area contributed by atoms with Crippen LogP contribution in [-0.2, 0) is 0 Å². The Hall–Kier alpha value is -1.04. The summed E-state index contributed by atoms with van der Waals surface area (Å²) in [6, 6.07) is 9.14. The van der Waals surface area contributed by atoms with E-state index in [9.17, 15) is 4.79 Å². The van der Waals surface area contributed by atoms with E-state index in [0.717, 1.165) is 0 Å². The van der Waals surface area contributed by atoms with Crippen molar-refractivity contribution in [2.24, 2.45) is 10.7 Å². The van der Waals surface area contributed by atoms with Crippen LogP contribution in [0.25, 0.3) is 0 Å². The summed E-state index contributed by atoms with van der Waals surface area (Å²) in [6.45, 7) is 2.80. The molecule has 6 heteroatoms. The van der Waals surface area contributed by atoms with E-state index in [-0.39, 0.29) is 24.7 Å². The lowest BCUT2D eigenvalue weighted by molar-refractivity contribution is 0.0998. The fourth-order valence-corrected chi connectivity index (χ4v) is 1.63. The Morgan fingerprint density at radius 2 is 2.06 bits per heavy atom. The van der Waals surface area contributed by atoms with Gasteiger partial charge < -0.3 is 5.73 Å². The molecule has 1 aromatic carbocycles. The van der Waals surface area contributed by atoms with Crippen molar-refractivity contribution < 1.29 is 4.79 Å². The summed E-state index contributed by atoms with van der Waals surface area (Å²) in [5.74, 6) is 0.0393. The molecule has 0 amide bonds. The largest absolute Gasteiger partial charge is 0.377 e. The second-order valence-corrected chi connectivity index (χ2v) is 3.94. The number of nitrogens with zero attached hydrogens (tertiary/aromatic N) is 1. The normalized spacial score (nSPS) is 10.8. The number of nitrogens with one attached hydrogen (secondary N) is 1. The minimum atomic E-state index is 0. The van der Waals surface area contributed by atoms with Crippen LogP contribution < -0.4 is 10.5 Å². The van der Waals surface area contributed by atoms with Crippen LogP contribution in [0.2, 0.25) is 0 Å². The lowest BCUT2D eigenvalue weighted by Crippen LogP contribution is -2.21. The molecule has 0 aromatic heterocycles. The topological polar surface area (TPSA) is 67.5 Å².